The second-order valence-corrected chi connectivity index (χ2v) is 6.16. The average molecular weight is 331 g/mol. The van der Waals surface area contributed by atoms with Gasteiger partial charge in [-0.25, -0.2) is 4.79 Å². The van der Waals surface area contributed by atoms with Crippen LogP contribution in [0.2, 0.25) is 0 Å². The molecular formula is C18H21NO3S. The van der Waals surface area contributed by atoms with Crippen LogP contribution >= 0.6 is 11.8 Å². The molecule has 0 fully saturated rings. The lowest BCUT2D eigenvalue weighted by molar-refractivity contribution is 0.0697. The summed E-state index contributed by atoms with van der Waals surface area (Å²) in [6.45, 7) is 2.09. The molecule has 122 valence electrons. The summed E-state index contributed by atoms with van der Waals surface area (Å²) in [5, 5.41) is 18.2. The van der Waals surface area contributed by atoms with Crippen LogP contribution in [0.25, 0.3) is 0 Å². The maximum atomic E-state index is 10.9. The summed E-state index contributed by atoms with van der Waals surface area (Å²) in [5.41, 5.74) is 2.51. The molecule has 0 heterocycles. The fourth-order valence-electron chi connectivity index (χ4n) is 2.36. The van der Waals surface area contributed by atoms with Crippen molar-refractivity contribution >= 4 is 17.7 Å². The Hall–Kier alpha value is -1.82. The number of aromatic carboxylic acids is 1. The highest BCUT2D eigenvalue weighted by Crippen LogP contribution is 2.17. The first kappa shape index (κ1) is 17.5. The van der Waals surface area contributed by atoms with Crippen LogP contribution < -0.4 is 0 Å². The molecule has 0 aliphatic rings. The Kier molecular flexibility index (Phi) is 6.65. The van der Waals surface area contributed by atoms with E-state index < -0.39 is 5.97 Å². The highest BCUT2D eigenvalue weighted by Gasteiger charge is 2.08. The zero-order valence-corrected chi connectivity index (χ0v) is 13.9. The van der Waals surface area contributed by atoms with Crippen LogP contribution in [-0.2, 0) is 13.1 Å². The number of thioether (sulfide) groups is 1. The van der Waals surface area contributed by atoms with E-state index in [4.69, 9.17) is 5.11 Å². The van der Waals surface area contributed by atoms with Crippen LogP contribution in [0.1, 0.15) is 21.5 Å². The molecule has 0 saturated carbocycles. The number of hydrogen-bond acceptors (Lipinski definition) is 4. The fourth-order valence-corrected chi connectivity index (χ4v) is 2.76. The van der Waals surface area contributed by atoms with Gasteiger partial charge in [0.25, 0.3) is 0 Å². The summed E-state index contributed by atoms with van der Waals surface area (Å²) in [7, 11) is 0. The van der Waals surface area contributed by atoms with Gasteiger partial charge < -0.3 is 10.2 Å². The predicted octanol–water partition coefficient (Wildman–Crippen LogP) is 3.10. The molecule has 0 atom stereocenters. The lowest BCUT2D eigenvalue weighted by Gasteiger charge is -2.21. The molecule has 2 aromatic carbocycles. The number of nitrogens with zero attached hydrogens (tertiary/aromatic N) is 1. The van der Waals surface area contributed by atoms with Crippen LogP contribution in [-0.4, -0.2) is 40.5 Å². The van der Waals surface area contributed by atoms with E-state index in [-0.39, 0.29) is 12.2 Å². The SMILES string of the molecule is CSc1ccc(CN(CCO)Cc2ccc(C(=O)O)cc2)cc1. The maximum absolute atomic E-state index is 10.9. The minimum Gasteiger partial charge on any atom is -0.478 e. The van der Waals surface area contributed by atoms with Gasteiger partial charge in [-0.2, -0.15) is 0 Å². The van der Waals surface area contributed by atoms with Crippen molar-refractivity contribution in [2.75, 3.05) is 19.4 Å². The fraction of sp³-hybridized carbons (Fsp3) is 0.278. The summed E-state index contributed by atoms with van der Waals surface area (Å²) < 4.78 is 0. The first-order chi connectivity index (χ1) is 11.1. The molecule has 23 heavy (non-hydrogen) atoms. The van der Waals surface area contributed by atoms with Gasteiger partial charge >= 0.3 is 5.97 Å². The van der Waals surface area contributed by atoms with E-state index in [1.807, 2.05) is 18.4 Å². The first-order valence-electron chi connectivity index (χ1n) is 7.40. The minimum absolute atomic E-state index is 0.0934. The molecule has 0 aliphatic carbocycles. The van der Waals surface area contributed by atoms with Crippen molar-refractivity contribution < 1.29 is 15.0 Å². The summed E-state index contributed by atoms with van der Waals surface area (Å²) in [6, 6.07) is 15.3. The van der Waals surface area contributed by atoms with E-state index in [1.165, 1.54) is 10.5 Å². The lowest BCUT2D eigenvalue weighted by Crippen LogP contribution is -2.26. The van der Waals surface area contributed by atoms with E-state index in [0.717, 1.165) is 12.1 Å². The molecule has 0 aliphatic heterocycles. The van der Waals surface area contributed by atoms with Gasteiger partial charge in [-0.1, -0.05) is 24.3 Å². The van der Waals surface area contributed by atoms with Crippen LogP contribution in [0.3, 0.4) is 0 Å². The largest absolute Gasteiger partial charge is 0.478 e. The Morgan fingerprint density at radius 3 is 1.96 bits per heavy atom. The molecule has 0 radical (unpaired) electrons. The van der Waals surface area contributed by atoms with Crippen molar-refractivity contribution in [2.24, 2.45) is 0 Å². The molecule has 0 spiro atoms. The van der Waals surface area contributed by atoms with Gasteiger partial charge in [0.15, 0.2) is 0 Å². The van der Waals surface area contributed by atoms with Crippen LogP contribution in [0.4, 0.5) is 0 Å². The smallest absolute Gasteiger partial charge is 0.335 e. The maximum Gasteiger partial charge on any atom is 0.335 e. The molecule has 5 heteroatoms. The number of carbonyl (C=O) groups is 1. The number of hydrogen-bond donors (Lipinski definition) is 2. The number of aliphatic hydroxyl groups is 1. The number of rotatable bonds is 8. The van der Waals surface area contributed by atoms with Gasteiger partial charge in [-0.05, 0) is 41.6 Å². The Morgan fingerprint density at radius 2 is 1.52 bits per heavy atom. The molecule has 0 unspecified atom stereocenters. The number of carboxylic acid groups (broad SMARTS) is 1. The van der Waals surface area contributed by atoms with Gasteiger partial charge in [-0.3, -0.25) is 4.90 Å². The third-order valence-corrected chi connectivity index (χ3v) is 4.33. The third kappa shape index (κ3) is 5.39. The standard InChI is InChI=1S/C18H21NO3S/c1-23-17-8-4-15(5-9-17)13-19(10-11-20)12-14-2-6-16(7-3-14)18(21)22/h2-9,20H,10-13H2,1H3,(H,21,22). The van der Waals surface area contributed by atoms with Crippen LogP contribution in [0.15, 0.2) is 53.4 Å². The highest BCUT2D eigenvalue weighted by molar-refractivity contribution is 7.98. The molecule has 0 saturated heterocycles. The monoisotopic (exact) mass is 331 g/mol. The predicted molar refractivity (Wildman–Crippen MR) is 92.8 cm³/mol. The van der Waals surface area contributed by atoms with Gasteiger partial charge in [0.2, 0.25) is 0 Å². The second-order valence-electron chi connectivity index (χ2n) is 5.28. The molecule has 0 bridgehead atoms. The van der Waals surface area contributed by atoms with E-state index >= 15 is 0 Å². The van der Waals surface area contributed by atoms with E-state index in [9.17, 15) is 9.90 Å². The van der Waals surface area contributed by atoms with Crippen molar-refractivity contribution in [2.45, 2.75) is 18.0 Å². The van der Waals surface area contributed by atoms with E-state index in [1.54, 1.807) is 23.9 Å². The minimum atomic E-state index is -0.919. The first-order valence-corrected chi connectivity index (χ1v) is 8.63. The molecule has 0 amide bonds. The van der Waals surface area contributed by atoms with Crippen molar-refractivity contribution in [3.8, 4) is 0 Å². The quantitative estimate of drug-likeness (QED) is 0.728. The second kappa shape index (κ2) is 8.72. The summed E-state index contributed by atoms with van der Waals surface area (Å²) in [6.07, 6.45) is 2.05. The normalized spacial score (nSPS) is 10.9. The van der Waals surface area contributed by atoms with Gasteiger partial charge in [-0.15, -0.1) is 11.8 Å². The topological polar surface area (TPSA) is 60.8 Å². The van der Waals surface area contributed by atoms with Crippen molar-refractivity contribution in [1.82, 2.24) is 4.90 Å². The Bertz CT molecular complexity index is 626. The average Bonchev–Trinajstić information content (AvgIpc) is 2.56. The number of aliphatic hydroxyl groups excluding tert-OH is 1. The molecule has 2 aromatic rings. The van der Waals surface area contributed by atoms with Gasteiger partial charge in [0, 0.05) is 24.5 Å². The summed E-state index contributed by atoms with van der Waals surface area (Å²) in [4.78, 5) is 14.3. The lowest BCUT2D eigenvalue weighted by atomic mass is 10.1. The van der Waals surface area contributed by atoms with E-state index in [0.29, 0.717) is 13.1 Å². The Morgan fingerprint density at radius 1 is 1.00 bits per heavy atom. The van der Waals surface area contributed by atoms with Gasteiger partial charge in [0.1, 0.15) is 0 Å². The summed E-state index contributed by atoms with van der Waals surface area (Å²) in [5.74, 6) is -0.919. The highest BCUT2D eigenvalue weighted by atomic mass is 32.2. The molecular weight excluding hydrogens is 310 g/mol. The van der Waals surface area contributed by atoms with Crippen LogP contribution in [0, 0.1) is 0 Å². The van der Waals surface area contributed by atoms with Crippen molar-refractivity contribution in [1.29, 1.82) is 0 Å². The zero-order chi connectivity index (χ0) is 16.7. The van der Waals surface area contributed by atoms with Crippen molar-refractivity contribution in [3.05, 3.63) is 65.2 Å². The molecule has 2 N–H and O–H groups in total. The Labute approximate surface area is 140 Å². The molecule has 0 aromatic heterocycles. The van der Waals surface area contributed by atoms with E-state index in [2.05, 4.69) is 29.2 Å². The zero-order valence-electron chi connectivity index (χ0n) is 13.1. The summed E-state index contributed by atoms with van der Waals surface area (Å²) >= 11 is 1.71. The number of carboxylic acids is 1. The number of benzene rings is 2. The van der Waals surface area contributed by atoms with Crippen LogP contribution in [0.5, 0.6) is 0 Å². The third-order valence-electron chi connectivity index (χ3n) is 3.59. The van der Waals surface area contributed by atoms with Crippen molar-refractivity contribution in [3.63, 3.8) is 0 Å². The van der Waals surface area contributed by atoms with Gasteiger partial charge in [0.05, 0.1) is 12.2 Å². The molecule has 2 rings (SSSR count). The Balaban J connectivity index is 2.03. The molecule has 4 nitrogen and oxygen atoms in total.